The van der Waals surface area contributed by atoms with Crippen molar-refractivity contribution in [2.45, 2.75) is 18.9 Å². The molecule has 1 aliphatic carbocycles. The lowest BCUT2D eigenvalue weighted by molar-refractivity contribution is 0.0774. The van der Waals surface area contributed by atoms with Crippen molar-refractivity contribution in [1.29, 1.82) is 0 Å². The number of amides is 1. The topological polar surface area (TPSA) is 40.5 Å². The fourth-order valence-electron chi connectivity index (χ4n) is 1.54. The van der Waals surface area contributed by atoms with Crippen molar-refractivity contribution in [3.8, 4) is 5.75 Å². The number of benzene rings is 1. The Bertz CT molecular complexity index is 444. The molecule has 1 fully saturated rings. The zero-order valence-corrected chi connectivity index (χ0v) is 8.70. The van der Waals surface area contributed by atoms with Crippen molar-refractivity contribution >= 4 is 5.91 Å². The lowest BCUT2D eigenvalue weighted by atomic mass is 10.1. The van der Waals surface area contributed by atoms with Gasteiger partial charge in [-0.05, 0) is 25.0 Å². The van der Waals surface area contributed by atoms with Gasteiger partial charge in [0.05, 0.1) is 0 Å². The molecule has 0 aromatic heterocycles. The van der Waals surface area contributed by atoms with E-state index in [2.05, 4.69) is 0 Å². The molecule has 1 aliphatic rings. The number of carbonyl (C=O) groups excluding carboxylic acids is 1. The number of halogens is 2. The van der Waals surface area contributed by atoms with E-state index in [0.717, 1.165) is 25.0 Å². The Hall–Kier alpha value is -1.65. The van der Waals surface area contributed by atoms with E-state index in [-0.39, 0.29) is 6.04 Å². The summed E-state index contributed by atoms with van der Waals surface area (Å²) < 4.78 is 26.7. The molecule has 3 nitrogen and oxygen atoms in total. The summed E-state index contributed by atoms with van der Waals surface area (Å²) >= 11 is 0. The summed E-state index contributed by atoms with van der Waals surface area (Å²) in [6, 6.07) is 1.83. The lowest BCUT2D eigenvalue weighted by Gasteiger charge is -2.17. The maximum Gasteiger partial charge on any atom is 0.259 e. The summed E-state index contributed by atoms with van der Waals surface area (Å²) in [6.07, 6.45) is 1.70. The van der Waals surface area contributed by atoms with Gasteiger partial charge in [-0.2, -0.15) is 0 Å². The Morgan fingerprint density at radius 2 is 2.06 bits per heavy atom. The zero-order valence-electron chi connectivity index (χ0n) is 8.70. The highest BCUT2D eigenvalue weighted by Gasteiger charge is 2.33. The fourth-order valence-corrected chi connectivity index (χ4v) is 1.54. The molecule has 0 spiro atoms. The molecule has 1 amide bonds. The van der Waals surface area contributed by atoms with Gasteiger partial charge in [-0.15, -0.1) is 0 Å². The average molecular weight is 227 g/mol. The first-order valence-corrected chi connectivity index (χ1v) is 4.96. The molecule has 1 N–H and O–H groups in total. The molecule has 0 bridgehead atoms. The Kier molecular flexibility index (Phi) is 2.53. The molecule has 1 aromatic rings. The first-order chi connectivity index (χ1) is 7.52. The highest BCUT2D eigenvalue weighted by Crippen LogP contribution is 2.29. The van der Waals surface area contributed by atoms with E-state index in [0.29, 0.717) is 0 Å². The Balaban J connectivity index is 2.38. The third-order valence-corrected chi connectivity index (χ3v) is 2.70. The van der Waals surface area contributed by atoms with E-state index >= 15 is 0 Å². The van der Waals surface area contributed by atoms with E-state index in [1.54, 1.807) is 0 Å². The number of aromatic hydroxyl groups is 1. The van der Waals surface area contributed by atoms with Crippen LogP contribution in [0, 0.1) is 11.6 Å². The summed E-state index contributed by atoms with van der Waals surface area (Å²) in [6.45, 7) is 0. The Morgan fingerprint density at radius 3 is 2.62 bits per heavy atom. The number of phenols is 1. The lowest BCUT2D eigenvalue weighted by Crippen LogP contribution is -2.30. The summed E-state index contributed by atoms with van der Waals surface area (Å²) in [4.78, 5) is 13.1. The molecule has 86 valence electrons. The highest BCUT2D eigenvalue weighted by molar-refractivity contribution is 5.95. The third-order valence-electron chi connectivity index (χ3n) is 2.70. The smallest absolute Gasteiger partial charge is 0.259 e. The zero-order chi connectivity index (χ0) is 11.9. The second-order valence-corrected chi connectivity index (χ2v) is 3.90. The van der Waals surface area contributed by atoms with Gasteiger partial charge >= 0.3 is 0 Å². The standard InChI is InChI=1S/C11H11F2NO2/c1-14(6-2-3-6)11(16)9-7(12)4-5-8(15)10(9)13/h4-6,15H,2-3H2,1H3. The molecular weight excluding hydrogens is 216 g/mol. The second kappa shape index (κ2) is 3.73. The minimum Gasteiger partial charge on any atom is -0.505 e. The van der Waals surface area contributed by atoms with E-state index in [1.165, 1.54) is 11.9 Å². The predicted octanol–water partition coefficient (Wildman–Crippen LogP) is 1.90. The molecule has 1 aromatic carbocycles. The number of nitrogens with zero attached hydrogens (tertiary/aromatic N) is 1. The largest absolute Gasteiger partial charge is 0.505 e. The van der Waals surface area contributed by atoms with Crippen LogP contribution in [-0.2, 0) is 0 Å². The van der Waals surface area contributed by atoms with Crippen molar-refractivity contribution in [2.24, 2.45) is 0 Å². The van der Waals surface area contributed by atoms with Crippen LogP contribution < -0.4 is 0 Å². The number of hydrogen-bond acceptors (Lipinski definition) is 2. The average Bonchev–Trinajstić information content (AvgIpc) is 3.06. The van der Waals surface area contributed by atoms with Gasteiger partial charge in [0.25, 0.3) is 5.91 Å². The second-order valence-electron chi connectivity index (χ2n) is 3.90. The van der Waals surface area contributed by atoms with Crippen molar-refractivity contribution in [1.82, 2.24) is 4.90 Å². The van der Waals surface area contributed by atoms with Crippen LogP contribution in [0.4, 0.5) is 8.78 Å². The number of carbonyl (C=O) groups is 1. The van der Waals surface area contributed by atoms with Gasteiger partial charge in [0, 0.05) is 13.1 Å². The third kappa shape index (κ3) is 1.73. The summed E-state index contributed by atoms with van der Waals surface area (Å²) in [5, 5.41) is 9.10. The monoisotopic (exact) mass is 227 g/mol. The normalized spacial score (nSPS) is 14.9. The van der Waals surface area contributed by atoms with Gasteiger partial charge in [0.2, 0.25) is 0 Å². The minimum absolute atomic E-state index is 0.0636. The molecular formula is C11H11F2NO2. The van der Waals surface area contributed by atoms with Crippen LogP contribution in [0.3, 0.4) is 0 Å². The molecule has 0 aliphatic heterocycles. The van der Waals surface area contributed by atoms with Crippen LogP contribution >= 0.6 is 0 Å². The van der Waals surface area contributed by atoms with Gasteiger partial charge < -0.3 is 10.0 Å². The van der Waals surface area contributed by atoms with Crippen molar-refractivity contribution in [3.05, 3.63) is 29.3 Å². The van der Waals surface area contributed by atoms with Crippen LogP contribution in [0.2, 0.25) is 0 Å². The molecule has 0 saturated heterocycles. The summed E-state index contributed by atoms with van der Waals surface area (Å²) in [5.74, 6) is -3.59. The number of phenolic OH excluding ortho intramolecular Hbond substituents is 1. The predicted molar refractivity (Wildman–Crippen MR) is 53.1 cm³/mol. The van der Waals surface area contributed by atoms with Crippen molar-refractivity contribution in [2.75, 3.05) is 7.05 Å². The van der Waals surface area contributed by atoms with E-state index in [9.17, 15) is 13.6 Å². The molecule has 1 saturated carbocycles. The van der Waals surface area contributed by atoms with Crippen LogP contribution in [-0.4, -0.2) is 29.0 Å². The fraction of sp³-hybridized carbons (Fsp3) is 0.364. The van der Waals surface area contributed by atoms with E-state index in [1.807, 2.05) is 0 Å². The molecule has 0 radical (unpaired) electrons. The van der Waals surface area contributed by atoms with Crippen LogP contribution in [0.5, 0.6) is 5.75 Å². The van der Waals surface area contributed by atoms with Crippen molar-refractivity contribution in [3.63, 3.8) is 0 Å². The van der Waals surface area contributed by atoms with Gasteiger partial charge in [0.1, 0.15) is 11.4 Å². The van der Waals surface area contributed by atoms with E-state index < -0.39 is 28.9 Å². The molecule has 2 rings (SSSR count). The Morgan fingerprint density at radius 1 is 1.44 bits per heavy atom. The quantitative estimate of drug-likeness (QED) is 0.838. The summed E-state index contributed by atoms with van der Waals surface area (Å²) in [5.41, 5.74) is -0.686. The highest BCUT2D eigenvalue weighted by atomic mass is 19.1. The molecule has 0 unspecified atom stereocenters. The maximum absolute atomic E-state index is 13.4. The molecule has 0 atom stereocenters. The van der Waals surface area contributed by atoms with Crippen LogP contribution in [0.25, 0.3) is 0 Å². The first kappa shape index (κ1) is 10.9. The molecule has 16 heavy (non-hydrogen) atoms. The van der Waals surface area contributed by atoms with Gasteiger partial charge in [-0.25, -0.2) is 8.78 Å². The first-order valence-electron chi connectivity index (χ1n) is 4.96. The molecule has 5 heteroatoms. The van der Waals surface area contributed by atoms with Crippen molar-refractivity contribution < 1.29 is 18.7 Å². The molecule has 0 heterocycles. The van der Waals surface area contributed by atoms with Gasteiger partial charge in [-0.3, -0.25) is 4.79 Å². The number of hydrogen-bond donors (Lipinski definition) is 1. The van der Waals surface area contributed by atoms with Gasteiger partial charge in [-0.1, -0.05) is 0 Å². The van der Waals surface area contributed by atoms with Crippen LogP contribution in [0.15, 0.2) is 12.1 Å². The number of rotatable bonds is 2. The van der Waals surface area contributed by atoms with Gasteiger partial charge in [0.15, 0.2) is 11.6 Å². The van der Waals surface area contributed by atoms with Crippen LogP contribution in [0.1, 0.15) is 23.2 Å². The summed E-state index contributed by atoms with van der Waals surface area (Å²) in [7, 11) is 1.50. The Labute approximate surface area is 91.3 Å². The minimum atomic E-state index is -1.20. The SMILES string of the molecule is CN(C(=O)c1c(F)ccc(O)c1F)C1CC1. The van der Waals surface area contributed by atoms with E-state index in [4.69, 9.17) is 5.11 Å². The maximum atomic E-state index is 13.4.